The number of ether oxygens (including phenoxy) is 2. The van der Waals surface area contributed by atoms with Crippen LogP contribution >= 0.6 is 0 Å². The molecule has 0 saturated heterocycles. The van der Waals surface area contributed by atoms with Crippen molar-refractivity contribution in [2.24, 2.45) is 0 Å². The lowest BCUT2D eigenvalue weighted by atomic mass is 9.99. The molecule has 0 aromatic heterocycles. The second-order valence-electron chi connectivity index (χ2n) is 5.52. The number of hydrogen-bond donors (Lipinski definition) is 2. The molecule has 1 aliphatic heterocycles. The number of alkyl carbamates (subject to hydrolysis) is 1. The molecule has 6 heteroatoms. The molecule has 1 aliphatic rings. The van der Waals surface area contributed by atoms with E-state index in [2.05, 4.69) is 5.32 Å². The number of rotatable bonds is 4. The van der Waals surface area contributed by atoms with Gasteiger partial charge in [-0.05, 0) is 23.6 Å². The number of para-hydroxylation sites is 1. The van der Waals surface area contributed by atoms with Crippen molar-refractivity contribution in [2.45, 2.75) is 19.1 Å². The summed E-state index contributed by atoms with van der Waals surface area (Å²) in [5.41, 5.74) is 1.80. The molecular weight excluding hydrogens is 310 g/mol. The van der Waals surface area contributed by atoms with E-state index >= 15 is 0 Å². The van der Waals surface area contributed by atoms with E-state index in [1.807, 2.05) is 30.3 Å². The Bertz CT molecular complexity index is 744. The maximum Gasteiger partial charge on any atom is 0.407 e. The van der Waals surface area contributed by atoms with Crippen LogP contribution in [0.2, 0.25) is 0 Å². The molecule has 2 N–H and O–H groups in total. The van der Waals surface area contributed by atoms with E-state index in [1.165, 1.54) is 6.07 Å². The lowest BCUT2D eigenvalue weighted by molar-refractivity contribution is 0.0689. The summed E-state index contributed by atoms with van der Waals surface area (Å²) in [5.74, 6) is -0.652. The quantitative estimate of drug-likeness (QED) is 0.902. The molecule has 0 radical (unpaired) electrons. The van der Waals surface area contributed by atoms with Crippen LogP contribution in [0.15, 0.2) is 48.5 Å². The molecule has 6 nitrogen and oxygen atoms in total. The summed E-state index contributed by atoms with van der Waals surface area (Å²) in [6.45, 7) is 0.401. The Hall–Kier alpha value is -3.02. The maximum atomic E-state index is 11.9. The number of hydrogen-bond acceptors (Lipinski definition) is 4. The number of nitrogens with one attached hydrogen (secondary N) is 1. The van der Waals surface area contributed by atoms with Crippen molar-refractivity contribution in [3.63, 3.8) is 0 Å². The van der Waals surface area contributed by atoms with E-state index < -0.39 is 12.1 Å². The minimum absolute atomic E-state index is 0.137. The first-order chi connectivity index (χ1) is 11.6. The van der Waals surface area contributed by atoms with Gasteiger partial charge in [0.25, 0.3) is 0 Å². The minimum Gasteiger partial charge on any atom is -0.490 e. The molecule has 2 aromatic carbocycles. The Balaban J connectivity index is 1.57. The van der Waals surface area contributed by atoms with Crippen LogP contribution in [-0.2, 0) is 17.8 Å². The van der Waals surface area contributed by atoms with Crippen molar-refractivity contribution >= 4 is 12.1 Å². The highest BCUT2D eigenvalue weighted by Crippen LogP contribution is 2.29. The third-order valence-corrected chi connectivity index (χ3v) is 3.76. The average molecular weight is 327 g/mol. The van der Waals surface area contributed by atoms with Crippen molar-refractivity contribution < 1.29 is 24.2 Å². The maximum absolute atomic E-state index is 11.9. The SMILES string of the molecule is O=C(N[C@H]1COc2c(cccc2C(=O)O)C1)OCc1ccccc1. The number of carboxylic acids is 1. The van der Waals surface area contributed by atoms with Gasteiger partial charge >= 0.3 is 12.1 Å². The molecule has 0 saturated carbocycles. The van der Waals surface area contributed by atoms with Gasteiger partial charge in [0.2, 0.25) is 0 Å². The van der Waals surface area contributed by atoms with Gasteiger partial charge in [0.15, 0.2) is 0 Å². The zero-order valence-corrected chi connectivity index (χ0v) is 12.9. The number of carbonyl (C=O) groups is 2. The molecule has 1 amide bonds. The Morgan fingerprint density at radius 2 is 1.96 bits per heavy atom. The topological polar surface area (TPSA) is 84.9 Å². The molecule has 0 fully saturated rings. The molecule has 24 heavy (non-hydrogen) atoms. The van der Waals surface area contributed by atoms with Crippen LogP contribution in [0.1, 0.15) is 21.5 Å². The molecular formula is C18H17NO5. The summed E-state index contributed by atoms with van der Waals surface area (Å²) < 4.78 is 10.7. The van der Waals surface area contributed by atoms with Gasteiger partial charge in [-0.25, -0.2) is 9.59 Å². The third-order valence-electron chi connectivity index (χ3n) is 3.76. The van der Waals surface area contributed by atoms with Crippen LogP contribution < -0.4 is 10.1 Å². The molecule has 0 bridgehead atoms. The summed E-state index contributed by atoms with van der Waals surface area (Å²) in [6.07, 6.45) is -0.0260. The van der Waals surface area contributed by atoms with Gasteiger partial charge in [0.05, 0.1) is 6.04 Å². The zero-order chi connectivity index (χ0) is 16.9. The van der Waals surface area contributed by atoms with Crippen LogP contribution in [-0.4, -0.2) is 29.8 Å². The van der Waals surface area contributed by atoms with Gasteiger partial charge in [-0.2, -0.15) is 0 Å². The Morgan fingerprint density at radius 3 is 2.71 bits per heavy atom. The normalized spacial score (nSPS) is 15.8. The largest absolute Gasteiger partial charge is 0.490 e. The van der Waals surface area contributed by atoms with Crippen LogP contribution in [0.3, 0.4) is 0 Å². The molecule has 0 aliphatic carbocycles. The first kappa shape index (κ1) is 15.9. The fourth-order valence-corrected chi connectivity index (χ4v) is 2.62. The summed E-state index contributed by atoms with van der Waals surface area (Å²) in [7, 11) is 0. The van der Waals surface area contributed by atoms with Gasteiger partial charge in [-0.3, -0.25) is 0 Å². The highest BCUT2D eigenvalue weighted by atomic mass is 16.5. The predicted molar refractivity (Wildman–Crippen MR) is 86.2 cm³/mol. The molecule has 3 rings (SSSR count). The van der Waals surface area contributed by atoms with Gasteiger partial charge < -0.3 is 19.9 Å². The van der Waals surface area contributed by atoms with E-state index in [-0.39, 0.29) is 24.8 Å². The van der Waals surface area contributed by atoms with Gasteiger partial charge in [-0.15, -0.1) is 0 Å². The number of amides is 1. The lowest BCUT2D eigenvalue weighted by Crippen LogP contribution is -2.43. The Morgan fingerprint density at radius 1 is 1.17 bits per heavy atom. The van der Waals surface area contributed by atoms with E-state index in [0.29, 0.717) is 12.2 Å². The van der Waals surface area contributed by atoms with Gasteiger partial charge in [0, 0.05) is 0 Å². The second kappa shape index (κ2) is 7.04. The molecule has 0 spiro atoms. The number of carbonyl (C=O) groups excluding carboxylic acids is 1. The number of carboxylic acid groups (broad SMARTS) is 1. The van der Waals surface area contributed by atoms with Gasteiger partial charge in [0.1, 0.15) is 24.5 Å². The Labute approximate surface area is 139 Å². The van der Waals surface area contributed by atoms with E-state index in [1.54, 1.807) is 12.1 Å². The van der Waals surface area contributed by atoms with Crippen LogP contribution in [0.5, 0.6) is 5.75 Å². The molecule has 0 unspecified atom stereocenters. The fourth-order valence-electron chi connectivity index (χ4n) is 2.62. The Kier molecular flexibility index (Phi) is 4.65. The number of fused-ring (bicyclic) bond motifs is 1. The summed E-state index contributed by atoms with van der Waals surface area (Å²) in [5, 5.41) is 11.9. The third kappa shape index (κ3) is 3.65. The van der Waals surface area contributed by atoms with Gasteiger partial charge in [-0.1, -0.05) is 42.5 Å². The monoisotopic (exact) mass is 327 g/mol. The highest BCUT2D eigenvalue weighted by Gasteiger charge is 2.25. The molecule has 124 valence electrons. The lowest BCUT2D eigenvalue weighted by Gasteiger charge is -2.26. The van der Waals surface area contributed by atoms with Crippen LogP contribution in [0.4, 0.5) is 4.79 Å². The van der Waals surface area contributed by atoms with Crippen molar-refractivity contribution in [3.05, 3.63) is 65.2 Å². The fraction of sp³-hybridized carbons (Fsp3) is 0.222. The van der Waals surface area contributed by atoms with E-state index in [0.717, 1.165) is 11.1 Å². The molecule has 2 aromatic rings. The van der Waals surface area contributed by atoms with Crippen molar-refractivity contribution in [2.75, 3.05) is 6.61 Å². The number of benzene rings is 2. The first-order valence-corrected chi connectivity index (χ1v) is 7.58. The molecule has 1 heterocycles. The van der Waals surface area contributed by atoms with Crippen LogP contribution in [0, 0.1) is 0 Å². The van der Waals surface area contributed by atoms with Crippen molar-refractivity contribution in [1.29, 1.82) is 0 Å². The minimum atomic E-state index is -1.03. The standard InChI is InChI=1S/C18H17NO5/c20-17(21)15-8-4-7-13-9-14(11-23-16(13)15)19-18(22)24-10-12-5-2-1-3-6-12/h1-8,14H,9-11H2,(H,19,22)(H,20,21)/t14-/m1/s1. The smallest absolute Gasteiger partial charge is 0.407 e. The first-order valence-electron chi connectivity index (χ1n) is 7.58. The summed E-state index contributed by atoms with van der Waals surface area (Å²) in [6, 6.07) is 14.1. The average Bonchev–Trinajstić information content (AvgIpc) is 2.60. The van der Waals surface area contributed by atoms with E-state index in [9.17, 15) is 9.59 Å². The zero-order valence-electron chi connectivity index (χ0n) is 12.9. The predicted octanol–water partition coefficient (Wildman–Crippen LogP) is 2.61. The molecule has 1 atom stereocenters. The summed E-state index contributed by atoms with van der Waals surface area (Å²) in [4.78, 5) is 23.1. The second-order valence-corrected chi connectivity index (χ2v) is 5.52. The highest BCUT2D eigenvalue weighted by molar-refractivity contribution is 5.91. The van der Waals surface area contributed by atoms with Crippen molar-refractivity contribution in [1.82, 2.24) is 5.32 Å². The van der Waals surface area contributed by atoms with Crippen LogP contribution in [0.25, 0.3) is 0 Å². The van der Waals surface area contributed by atoms with Crippen molar-refractivity contribution in [3.8, 4) is 5.75 Å². The van der Waals surface area contributed by atoms with E-state index in [4.69, 9.17) is 14.6 Å². The summed E-state index contributed by atoms with van der Waals surface area (Å²) >= 11 is 0. The number of aromatic carboxylic acids is 1.